The highest BCUT2D eigenvalue weighted by Crippen LogP contribution is 2.29. The second-order valence-corrected chi connectivity index (χ2v) is 10.5. The molecule has 0 fully saturated rings. The van der Waals surface area contributed by atoms with Crippen molar-refractivity contribution in [3.05, 3.63) is 94.5 Å². The lowest BCUT2D eigenvalue weighted by molar-refractivity contribution is -0.120. The van der Waals surface area contributed by atoms with Gasteiger partial charge in [0, 0.05) is 11.1 Å². The summed E-state index contributed by atoms with van der Waals surface area (Å²) in [7, 11) is -3.98. The number of amides is 1. The third kappa shape index (κ3) is 6.59. The lowest BCUT2D eigenvalue weighted by Crippen LogP contribution is -2.44. The van der Waals surface area contributed by atoms with Crippen molar-refractivity contribution in [1.29, 1.82) is 0 Å². The molecule has 33 heavy (non-hydrogen) atoms. The predicted molar refractivity (Wildman–Crippen MR) is 134 cm³/mol. The van der Waals surface area contributed by atoms with E-state index in [4.69, 9.17) is 11.6 Å². The molecule has 174 valence electrons. The van der Waals surface area contributed by atoms with Crippen molar-refractivity contribution in [3.8, 4) is 0 Å². The summed E-state index contributed by atoms with van der Waals surface area (Å²) in [4.78, 5) is 13.0. The van der Waals surface area contributed by atoms with Gasteiger partial charge in [-0.25, -0.2) is 8.42 Å². The van der Waals surface area contributed by atoms with Gasteiger partial charge in [0.15, 0.2) is 0 Å². The minimum atomic E-state index is -3.98. The summed E-state index contributed by atoms with van der Waals surface area (Å²) in [5.74, 6) is -0.370. The first-order chi connectivity index (χ1) is 15.7. The molecule has 3 aromatic carbocycles. The Morgan fingerprint density at radius 1 is 1.00 bits per heavy atom. The molecule has 0 aliphatic rings. The highest BCUT2D eigenvalue weighted by Gasteiger charge is 2.28. The van der Waals surface area contributed by atoms with Gasteiger partial charge in [-0.3, -0.25) is 9.10 Å². The Balaban J connectivity index is 1.81. The van der Waals surface area contributed by atoms with E-state index in [2.05, 4.69) is 5.32 Å². The number of carbonyl (C=O) groups is 1. The predicted octanol–water partition coefficient (Wildman–Crippen LogP) is 5.29. The van der Waals surface area contributed by atoms with E-state index in [1.54, 1.807) is 49.4 Å². The summed E-state index contributed by atoms with van der Waals surface area (Å²) in [6.45, 7) is 5.26. The summed E-state index contributed by atoms with van der Waals surface area (Å²) in [5.41, 5.74) is 3.23. The van der Waals surface area contributed by atoms with Crippen molar-refractivity contribution in [2.45, 2.75) is 44.6 Å². The van der Waals surface area contributed by atoms with Gasteiger partial charge in [0.25, 0.3) is 10.0 Å². The molecular formula is C26H29ClN2O3S. The maximum atomic E-state index is 13.5. The van der Waals surface area contributed by atoms with Crippen LogP contribution in [0.15, 0.2) is 77.7 Å². The third-order valence-electron chi connectivity index (χ3n) is 5.45. The van der Waals surface area contributed by atoms with Crippen LogP contribution >= 0.6 is 11.6 Å². The highest BCUT2D eigenvalue weighted by atomic mass is 35.5. The smallest absolute Gasteiger partial charge is 0.264 e. The van der Waals surface area contributed by atoms with Crippen molar-refractivity contribution in [1.82, 2.24) is 5.32 Å². The number of hydrogen-bond donors (Lipinski definition) is 1. The Morgan fingerprint density at radius 2 is 1.67 bits per heavy atom. The molecule has 0 spiro atoms. The second-order valence-electron chi connectivity index (χ2n) is 8.25. The quantitative estimate of drug-likeness (QED) is 0.448. The van der Waals surface area contributed by atoms with Gasteiger partial charge < -0.3 is 5.32 Å². The standard InChI is InChI=1S/C26H29ClN2O3S/c1-19-9-15-24(16-10-19)33(31,32)29(25-17-23(27)14-11-20(25)2)18-26(30)28-21(3)12-13-22-7-5-4-6-8-22/h4-11,14-17,21H,12-13,18H2,1-3H3,(H,28,30)/t21-/m0/s1. The van der Waals surface area contributed by atoms with E-state index in [-0.39, 0.29) is 23.4 Å². The van der Waals surface area contributed by atoms with Gasteiger partial charge in [-0.1, -0.05) is 65.7 Å². The molecule has 5 nitrogen and oxygen atoms in total. The molecule has 0 saturated heterocycles. The van der Waals surface area contributed by atoms with Crippen LogP contribution in [-0.2, 0) is 21.2 Å². The number of nitrogens with zero attached hydrogens (tertiary/aromatic N) is 1. The molecule has 0 saturated carbocycles. The first kappa shape index (κ1) is 24.8. The number of rotatable bonds is 9. The lowest BCUT2D eigenvalue weighted by Gasteiger charge is -2.26. The summed E-state index contributed by atoms with van der Waals surface area (Å²) in [6, 6.07) is 21.5. The van der Waals surface area contributed by atoms with E-state index in [0.29, 0.717) is 16.3 Å². The largest absolute Gasteiger partial charge is 0.352 e. The Hall–Kier alpha value is -2.83. The lowest BCUT2D eigenvalue weighted by atomic mass is 10.1. The van der Waals surface area contributed by atoms with Gasteiger partial charge in [0.1, 0.15) is 6.54 Å². The Kier molecular flexibility index (Phi) is 8.16. The third-order valence-corrected chi connectivity index (χ3v) is 7.46. The van der Waals surface area contributed by atoms with Crippen LogP contribution in [0.1, 0.15) is 30.0 Å². The van der Waals surface area contributed by atoms with Crippen molar-refractivity contribution in [3.63, 3.8) is 0 Å². The van der Waals surface area contributed by atoms with Crippen molar-refractivity contribution >= 4 is 33.2 Å². The summed E-state index contributed by atoms with van der Waals surface area (Å²) < 4.78 is 28.2. The van der Waals surface area contributed by atoms with Crippen molar-refractivity contribution < 1.29 is 13.2 Å². The highest BCUT2D eigenvalue weighted by molar-refractivity contribution is 7.92. The average Bonchev–Trinajstić information content (AvgIpc) is 2.79. The normalized spacial score (nSPS) is 12.2. The van der Waals surface area contributed by atoms with Crippen LogP contribution in [0.25, 0.3) is 0 Å². The first-order valence-electron chi connectivity index (χ1n) is 10.9. The molecule has 0 bridgehead atoms. The Labute approximate surface area is 201 Å². The molecule has 0 heterocycles. The molecule has 0 aliphatic carbocycles. The van der Waals surface area contributed by atoms with E-state index < -0.39 is 10.0 Å². The molecule has 1 atom stereocenters. The molecule has 0 aromatic heterocycles. The van der Waals surface area contributed by atoms with Crippen molar-refractivity contribution in [2.75, 3.05) is 10.8 Å². The SMILES string of the molecule is Cc1ccc(S(=O)(=O)N(CC(=O)N[C@@H](C)CCc2ccccc2)c2cc(Cl)ccc2C)cc1. The van der Waals surface area contributed by atoms with Gasteiger partial charge in [-0.15, -0.1) is 0 Å². The maximum absolute atomic E-state index is 13.5. The summed E-state index contributed by atoms with van der Waals surface area (Å²) >= 11 is 6.18. The Morgan fingerprint density at radius 3 is 2.33 bits per heavy atom. The summed E-state index contributed by atoms with van der Waals surface area (Å²) in [6.07, 6.45) is 1.57. The topological polar surface area (TPSA) is 66.5 Å². The molecule has 1 amide bonds. The van der Waals surface area contributed by atoms with Crippen molar-refractivity contribution in [2.24, 2.45) is 0 Å². The van der Waals surface area contributed by atoms with E-state index in [1.165, 1.54) is 5.56 Å². The zero-order chi connectivity index (χ0) is 24.0. The number of halogens is 1. The van der Waals surface area contributed by atoms with Gasteiger partial charge >= 0.3 is 0 Å². The average molecular weight is 485 g/mol. The molecule has 0 radical (unpaired) electrons. The van der Waals surface area contributed by atoms with E-state index in [9.17, 15) is 13.2 Å². The number of anilines is 1. The van der Waals surface area contributed by atoms with E-state index in [0.717, 1.165) is 22.7 Å². The van der Waals surface area contributed by atoms with Crippen LogP contribution in [0, 0.1) is 13.8 Å². The van der Waals surface area contributed by atoms with Crippen LogP contribution in [0.3, 0.4) is 0 Å². The van der Waals surface area contributed by atoms with Crippen LogP contribution in [-0.4, -0.2) is 26.9 Å². The molecular weight excluding hydrogens is 456 g/mol. The molecule has 3 aromatic rings. The van der Waals surface area contributed by atoms with Gasteiger partial charge in [-0.05, 0) is 69.0 Å². The fraction of sp³-hybridized carbons (Fsp3) is 0.269. The van der Waals surface area contributed by atoms with Crippen LogP contribution in [0.5, 0.6) is 0 Å². The van der Waals surface area contributed by atoms with Crippen LogP contribution < -0.4 is 9.62 Å². The zero-order valence-corrected chi connectivity index (χ0v) is 20.7. The number of sulfonamides is 1. The number of hydrogen-bond acceptors (Lipinski definition) is 3. The minimum Gasteiger partial charge on any atom is -0.352 e. The number of benzene rings is 3. The number of aryl methyl sites for hydroxylation is 3. The van der Waals surface area contributed by atoms with Gasteiger partial charge in [0.05, 0.1) is 10.6 Å². The molecule has 7 heteroatoms. The fourth-order valence-corrected chi connectivity index (χ4v) is 5.18. The molecule has 1 N–H and O–H groups in total. The number of carbonyl (C=O) groups excluding carboxylic acids is 1. The summed E-state index contributed by atoms with van der Waals surface area (Å²) in [5, 5.41) is 3.34. The monoisotopic (exact) mass is 484 g/mol. The van der Waals surface area contributed by atoms with Gasteiger partial charge in [-0.2, -0.15) is 0 Å². The van der Waals surface area contributed by atoms with Gasteiger partial charge in [0.2, 0.25) is 5.91 Å². The fourth-order valence-electron chi connectivity index (χ4n) is 3.54. The van der Waals surface area contributed by atoms with E-state index >= 15 is 0 Å². The van der Waals surface area contributed by atoms with E-state index in [1.807, 2.05) is 44.2 Å². The second kappa shape index (κ2) is 10.9. The molecule has 0 unspecified atom stereocenters. The molecule has 3 rings (SSSR count). The first-order valence-corrected chi connectivity index (χ1v) is 12.7. The van der Waals surface area contributed by atoms with Crippen LogP contribution in [0.2, 0.25) is 5.02 Å². The molecule has 0 aliphatic heterocycles. The van der Waals surface area contributed by atoms with Crippen LogP contribution in [0.4, 0.5) is 5.69 Å². The number of nitrogens with one attached hydrogen (secondary N) is 1. The minimum absolute atomic E-state index is 0.109. The Bertz CT molecular complexity index is 1200. The zero-order valence-electron chi connectivity index (χ0n) is 19.1. The maximum Gasteiger partial charge on any atom is 0.264 e.